The summed E-state index contributed by atoms with van der Waals surface area (Å²) in [4.78, 5) is 14.3. The second-order valence-corrected chi connectivity index (χ2v) is 6.53. The molecule has 1 fully saturated rings. The molecule has 1 aliphatic rings. The molecule has 3 heterocycles. The maximum absolute atomic E-state index is 4.73. The molecule has 1 aliphatic heterocycles. The Bertz CT molecular complexity index is 607. The average Bonchev–Trinajstić information content (AvgIpc) is 3.11. The van der Waals surface area contributed by atoms with Gasteiger partial charge in [-0.15, -0.1) is 11.3 Å². The van der Waals surface area contributed by atoms with Crippen molar-refractivity contribution in [3.8, 4) is 0 Å². The van der Waals surface area contributed by atoms with Crippen molar-refractivity contribution in [2.75, 3.05) is 30.4 Å². The molecule has 0 aromatic carbocycles. The topological polar surface area (TPSA) is 41.1 Å². The van der Waals surface area contributed by atoms with Gasteiger partial charge in [0.1, 0.15) is 10.6 Å². The highest BCUT2D eigenvalue weighted by atomic mass is 32.1. The number of nitrogens with zero attached hydrogens (tertiary/aromatic N) is 3. The van der Waals surface area contributed by atoms with Crippen LogP contribution in [0.4, 0.5) is 11.8 Å². The van der Waals surface area contributed by atoms with Gasteiger partial charge in [0.25, 0.3) is 0 Å². The molecular weight excluding hydrogens is 268 g/mol. The molecule has 3 rings (SSSR count). The van der Waals surface area contributed by atoms with E-state index >= 15 is 0 Å². The van der Waals surface area contributed by atoms with Gasteiger partial charge < -0.3 is 10.2 Å². The molecule has 5 heteroatoms. The first-order valence-corrected chi connectivity index (χ1v) is 8.30. The molecule has 1 unspecified atom stereocenters. The minimum absolute atomic E-state index is 0.733. The number of thiophene rings is 1. The summed E-state index contributed by atoms with van der Waals surface area (Å²) in [6.45, 7) is 6.72. The zero-order valence-corrected chi connectivity index (χ0v) is 13.3. The largest absolute Gasteiger partial charge is 0.357 e. The quantitative estimate of drug-likeness (QED) is 0.935. The Kier molecular flexibility index (Phi) is 3.78. The third-order valence-corrected chi connectivity index (χ3v) is 5.33. The summed E-state index contributed by atoms with van der Waals surface area (Å²) in [5, 5.41) is 4.32. The molecule has 4 nitrogen and oxygen atoms in total. The molecule has 1 N–H and O–H groups in total. The Morgan fingerprint density at radius 1 is 1.40 bits per heavy atom. The number of hydrogen-bond acceptors (Lipinski definition) is 5. The van der Waals surface area contributed by atoms with Crippen LogP contribution in [0.3, 0.4) is 0 Å². The van der Waals surface area contributed by atoms with Crippen LogP contribution in [-0.4, -0.2) is 30.1 Å². The number of aromatic nitrogens is 2. The van der Waals surface area contributed by atoms with Gasteiger partial charge in [-0.1, -0.05) is 20.3 Å². The van der Waals surface area contributed by atoms with E-state index in [0.29, 0.717) is 0 Å². The molecule has 0 aliphatic carbocycles. The lowest BCUT2D eigenvalue weighted by atomic mass is 10.1. The normalized spacial score (nSPS) is 18.9. The van der Waals surface area contributed by atoms with Crippen LogP contribution in [0.25, 0.3) is 10.2 Å². The predicted molar refractivity (Wildman–Crippen MR) is 87.0 cm³/mol. The zero-order chi connectivity index (χ0) is 14.1. The highest BCUT2D eigenvalue weighted by molar-refractivity contribution is 7.18. The molecule has 0 bridgehead atoms. The van der Waals surface area contributed by atoms with Crippen molar-refractivity contribution < 1.29 is 0 Å². The monoisotopic (exact) mass is 290 g/mol. The second-order valence-electron chi connectivity index (χ2n) is 5.41. The van der Waals surface area contributed by atoms with Gasteiger partial charge in [0.15, 0.2) is 0 Å². The van der Waals surface area contributed by atoms with Crippen molar-refractivity contribution in [2.45, 2.75) is 33.1 Å². The van der Waals surface area contributed by atoms with Crippen molar-refractivity contribution in [3.05, 3.63) is 10.9 Å². The Balaban J connectivity index is 2.05. The number of rotatable bonds is 4. The fourth-order valence-electron chi connectivity index (χ4n) is 2.84. The van der Waals surface area contributed by atoms with Gasteiger partial charge in [-0.2, -0.15) is 4.98 Å². The first kappa shape index (κ1) is 13.6. The third-order valence-electron chi connectivity index (χ3n) is 4.16. The van der Waals surface area contributed by atoms with E-state index in [0.717, 1.165) is 42.0 Å². The summed E-state index contributed by atoms with van der Waals surface area (Å²) in [7, 11) is 1.89. The highest BCUT2D eigenvalue weighted by Gasteiger charge is 2.24. The SMILES string of the molecule is CCc1cc2c(N3CCC(CC)C3)nc(NC)nc2s1. The molecule has 1 atom stereocenters. The minimum atomic E-state index is 0.733. The summed E-state index contributed by atoms with van der Waals surface area (Å²) in [6.07, 6.45) is 3.60. The van der Waals surface area contributed by atoms with E-state index in [9.17, 15) is 0 Å². The molecule has 0 amide bonds. The summed E-state index contributed by atoms with van der Waals surface area (Å²) in [6, 6.07) is 2.27. The van der Waals surface area contributed by atoms with E-state index in [1.54, 1.807) is 11.3 Å². The molecule has 0 radical (unpaired) electrons. The van der Waals surface area contributed by atoms with Crippen LogP contribution < -0.4 is 10.2 Å². The van der Waals surface area contributed by atoms with Gasteiger partial charge in [0, 0.05) is 25.0 Å². The molecule has 2 aromatic rings. The number of hydrogen-bond donors (Lipinski definition) is 1. The highest BCUT2D eigenvalue weighted by Crippen LogP contribution is 2.34. The molecule has 0 spiro atoms. The van der Waals surface area contributed by atoms with Gasteiger partial charge in [0.2, 0.25) is 5.95 Å². The summed E-state index contributed by atoms with van der Waals surface area (Å²) >= 11 is 1.79. The molecule has 1 saturated heterocycles. The minimum Gasteiger partial charge on any atom is -0.357 e. The van der Waals surface area contributed by atoms with Crippen LogP contribution >= 0.6 is 11.3 Å². The molecule has 20 heavy (non-hydrogen) atoms. The first-order valence-electron chi connectivity index (χ1n) is 7.48. The summed E-state index contributed by atoms with van der Waals surface area (Å²) in [5.74, 6) is 2.66. The lowest BCUT2D eigenvalue weighted by Gasteiger charge is -2.18. The third kappa shape index (κ3) is 2.35. The fourth-order valence-corrected chi connectivity index (χ4v) is 3.80. The maximum atomic E-state index is 4.73. The van der Waals surface area contributed by atoms with Crippen molar-refractivity contribution in [3.63, 3.8) is 0 Å². The number of anilines is 2. The summed E-state index contributed by atoms with van der Waals surface area (Å²) < 4.78 is 0. The Morgan fingerprint density at radius 2 is 2.25 bits per heavy atom. The second kappa shape index (κ2) is 5.56. The van der Waals surface area contributed by atoms with Crippen LogP contribution in [0.5, 0.6) is 0 Å². The number of nitrogens with one attached hydrogen (secondary N) is 1. The smallest absolute Gasteiger partial charge is 0.225 e. The number of fused-ring (bicyclic) bond motifs is 1. The molecule has 0 saturated carbocycles. The Labute approximate surface area is 124 Å². The number of aryl methyl sites for hydroxylation is 1. The lowest BCUT2D eigenvalue weighted by molar-refractivity contribution is 0.569. The first-order chi connectivity index (χ1) is 9.75. The van der Waals surface area contributed by atoms with Crippen molar-refractivity contribution >= 4 is 33.3 Å². The van der Waals surface area contributed by atoms with Crippen LogP contribution in [0.2, 0.25) is 0 Å². The lowest BCUT2D eigenvalue weighted by Crippen LogP contribution is -2.21. The van der Waals surface area contributed by atoms with Crippen LogP contribution in [0, 0.1) is 5.92 Å². The molecule has 2 aromatic heterocycles. The zero-order valence-electron chi connectivity index (χ0n) is 12.4. The van der Waals surface area contributed by atoms with E-state index in [1.165, 1.54) is 23.1 Å². The Morgan fingerprint density at radius 3 is 2.90 bits per heavy atom. The van der Waals surface area contributed by atoms with Crippen LogP contribution in [-0.2, 0) is 6.42 Å². The van der Waals surface area contributed by atoms with E-state index in [4.69, 9.17) is 4.98 Å². The van der Waals surface area contributed by atoms with E-state index < -0.39 is 0 Å². The van der Waals surface area contributed by atoms with E-state index in [2.05, 4.69) is 35.1 Å². The van der Waals surface area contributed by atoms with Gasteiger partial charge in [0.05, 0.1) is 5.39 Å². The van der Waals surface area contributed by atoms with E-state index in [1.807, 2.05) is 7.05 Å². The van der Waals surface area contributed by atoms with Crippen molar-refractivity contribution in [2.24, 2.45) is 5.92 Å². The standard InChI is InChI=1S/C15H22N4S/c1-4-10-6-7-19(9-10)13-12-8-11(5-2)20-14(12)18-15(16-3)17-13/h8,10H,4-7,9H2,1-3H3,(H,16,17,18). The van der Waals surface area contributed by atoms with Crippen LogP contribution in [0.1, 0.15) is 31.6 Å². The van der Waals surface area contributed by atoms with Gasteiger partial charge >= 0.3 is 0 Å². The average molecular weight is 290 g/mol. The predicted octanol–water partition coefficient (Wildman–Crippen LogP) is 3.53. The maximum Gasteiger partial charge on any atom is 0.225 e. The van der Waals surface area contributed by atoms with Crippen LogP contribution in [0.15, 0.2) is 6.07 Å². The van der Waals surface area contributed by atoms with Gasteiger partial charge in [-0.05, 0) is 24.8 Å². The van der Waals surface area contributed by atoms with E-state index in [-0.39, 0.29) is 0 Å². The van der Waals surface area contributed by atoms with Crippen molar-refractivity contribution in [1.82, 2.24) is 9.97 Å². The Hall–Kier alpha value is -1.36. The fraction of sp³-hybridized carbons (Fsp3) is 0.600. The molecule has 108 valence electrons. The van der Waals surface area contributed by atoms with Gasteiger partial charge in [-0.25, -0.2) is 4.98 Å². The van der Waals surface area contributed by atoms with Crippen molar-refractivity contribution in [1.29, 1.82) is 0 Å². The molecular formula is C15H22N4S. The summed E-state index contributed by atoms with van der Waals surface area (Å²) in [5.41, 5.74) is 0. The van der Waals surface area contributed by atoms with Gasteiger partial charge in [-0.3, -0.25) is 0 Å².